The standard InChI is InChI=1S/C11H16N2O2/c1-14-11-6-8(2-4-13-11)10-7-9(12)3-5-15-10/h2,4,6,9-10H,3,5,7,12H2,1H3/t9-,10+/m1/s1. The molecule has 0 spiro atoms. The number of aromatic nitrogens is 1. The quantitative estimate of drug-likeness (QED) is 0.795. The summed E-state index contributed by atoms with van der Waals surface area (Å²) in [7, 11) is 1.61. The molecule has 82 valence electrons. The molecule has 2 rings (SSSR count). The summed E-state index contributed by atoms with van der Waals surface area (Å²) in [6.07, 6.45) is 3.63. The number of hydrogen-bond donors (Lipinski definition) is 1. The van der Waals surface area contributed by atoms with Crippen LogP contribution in [0.3, 0.4) is 0 Å². The van der Waals surface area contributed by atoms with Gasteiger partial charge >= 0.3 is 0 Å². The molecule has 0 aliphatic carbocycles. The van der Waals surface area contributed by atoms with Gasteiger partial charge in [0.1, 0.15) is 0 Å². The Balaban J connectivity index is 2.13. The van der Waals surface area contributed by atoms with Crippen LogP contribution in [0.4, 0.5) is 0 Å². The van der Waals surface area contributed by atoms with Crippen molar-refractivity contribution >= 4 is 0 Å². The van der Waals surface area contributed by atoms with Crippen LogP contribution in [0.2, 0.25) is 0 Å². The summed E-state index contributed by atoms with van der Waals surface area (Å²) in [5, 5.41) is 0. The SMILES string of the molecule is COc1cc([C@@H]2C[C@H](N)CCO2)ccn1. The van der Waals surface area contributed by atoms with Gasteiger partial charge in [-0.1, -0.05) is 0 Å². The maximum atomic E-state index is 5.91. The molecule has 1 fully saturated rings. The third-order valence-corrected chi connectivity index (χ3v) is 2.66. The molecule has 2 heterocycles. The van der Waals surface area contributed by atoms with Gasteiger partial charge in [0.05, 0.1) is 13.2 Å². The summed E-state index contributed by atoms with van der Waals surface area (Å²) < 4.78 is 10.7. The highest BCUT2D eigenvalue weighted by atomic mass is 16.5. The zero-order chi connectivity index (χ0) is 10.7. The zero-order valence-corrected chi connectivity index (χ0v) is 8.85. The summed E-state index contributed by atoms with van der Waals surface area (Å²) in [6.45, 7) is 0.733. The molecular weight excluding hydrogens is 192 g/mol. The third-order valence-electron chi connectivity index (χ3n) is 2.66. The van der Waals surface area contributed by atoms with Crippen molar-refractivity contribution in [3.8, 4) is 5.88 Å². The van der Waals surface area contributed by atoms with Crippen molar-refractivity contribution in [3.63, 3.8) is 0 Å². The molecule has 4 heteroatoms. The molecule has 0 radical (unpaired) electrons. The highest BCUT2D eigenvalue weighted by Gasteiger charge is 2.21. The van der Waals surface area contributed by atoms with E-state index in [1.165, 1.54) is 0 Å². The predicted molar refractivity (Wildman–Crippen MR) is 56.7 cm³/mol. The van der Waals surface area contributed by atoms with Gasteiger partial charge in [0.2, 0.25) is 5.88 Å². The van der Waals surface area contributed by atoms with Gasteiger partial charge in [0.15, 0.2) is 0 Å². The molecule has 1 aliphatic heterocycles. The van der Waals surface area contributed by atoms with Gasteiger partial charge in [0, 0.05) is 24.9 Å². The van der Waals surface area contributed by atoms with Crippen LogP contribution in [0.15, 0.2) is 18.3 Å². The minimum absolute atomic E-state index is 0.0886. The summed E-state index contributed by atoms with van der Waals surface area (Å²) in [5.74, 6) is 0.621. The highest BCUT2D eigenvalue weighted by molar-refractivity contribution is 5.23. The van der Waals surface area contributed by atoms with E-state index in [1.807, 2.05) is 12.1 Å². The molecule has 1 aromatic heterocycles. The minimum Gasteiger partial charge on any atom is -0.481 e. The van der Waals surface area contributed by atoms with Crippen LogP contribution in [-0.4, -0.2) is 24.7 Å². The number of ether oxygens (including phenoxy) is 2. The number of nitrogens with two attached hydrogens (primary N) is 1. The molecule has 15 heavy (non-hydrogen) atoms. The predicted octanol–water partition coefficient (Wildman–Crippen LogP) is 1.27. The normalized spacial score (nSPS) is 26.3. The maximum Gasteiger partial charge on any atom is 0.213 e. The van der Waals surface area contributed by atoms with Gasteiger partial charge < -0.3 is 15.2 Å². The second-order valence-corrected chi connectivity index (χ2v) is 3.78. The van der Waals surface area contributed by atoms with Crippen molar-refractivity contribution in [3.05, 3.63) is 23.9 Å². The number of methoxy groups -OCH3 is 1. The molecular formula is C11H16N2O2. The molecule has 1 saturated heterocycles. The third kappa shape index (κ3) is 2.46. The highest BCUT2D eigenvalue weighted by Crippen LogP contribution is 2.28. The monoisotopic (exact) mass is 208 g/mol. The van der Waals surface area contributed by atoms with E-state index in [0.29, 0.717) is 5.88 Å². The van der Waals surface area contributed by atoms with Gasteiger partial charge in [0.25, 0.3) is 0 Å². The first-order valence-electron chi connectivity index (χ1n) is 5.16. The largest absolute Gasteiger partial charge is 0.481 e. The van der Waals surface area contributed by atoms with Gasteiger partial charge in [-0.25, -0.2) is 4.98 Å². The van der Waals surface area contributed by atoms with Crippen molar-refractivity contribution in [1.82, 2.24) is 4.98 Å². The van der Waals surface area contributed by atoms with Crippen LogP contribution in [0.25, 0.3) is 0 Å². The molecule has 2 atom stereocenters. The van der Waals surface area contributed by atoms with Gasteiger partial charge in [-0.05, 0) is 24.5 Å². The van der Waals surface area contributed by atoms with E-state index in [4.69, 9.17) is 15.2 Å². The number of rotatable bonds is 2. The van der Waals surface area contributed by atoms with Crippen molar-refractivity contribution in [2.45, 2.75) is 25.0 Å². The van der Waals surface area contributed by atoms with Crippen LogP contribution < -0.4 is 10.5 Å². The number of hydrogen-bond acceptors (Lipinski definition) is 4. The number of nitrogens with zero attached hydrogens (tertiary/aromatic N) is 1. The van der Waals surface area contributed by atoms with Crippen LogP contribution in [0.5, 0.6) is 5.88 Å². The lowest BCUT2D eigenvalue weighted by Gasteiger charge is -2.27. The second kappa shape index (κ2) is 4.59. The summed E-state index contributed by atoms with van der Waals surface area (Å²) in [4.78, 5) is 4.06. The zero-order valence-electron chi connectivity index (χ0n) is 8.85. The van der Waals surface area contributed by atoms with E-state index < -0.39 is 0 Å². The van der Waals surface area contributed by atoms with Crippen LogP contribution in [0, 0.1) is 0 Å². The molecule has 0 bridgehead atoms. The summed E-state index contributed by atoms with van der Waals surface area (Å²) >= 11 is 0. The van der Waals surface area contributed by atoms with E-state index in [9.17, 15) is 0 Å². The van der Waals surface area contributed by atoms with Crippen LogP contribution in [-0.2, 0) is 4.74 Å². The molecule has 0 unspecified atom stereocenters. The first kappa shape index (κ1) is 10.4. The maximum absolute atomic E-state index is 5.91. The van der Waals surface area contributed by atoms with Gasteiger partial charge in [-0.15, -0.1) is 0 Å². The Morgan fingerprint density at radius 1 is 1.60 bits per heavy atom. The molecule has 0 amide bonds. The second-order valence-electron chi connectivity index (χ2n) is 3.78. The molecule has 2 N–H and O–H groups in total. The Morgan fingerprint density at radius 3 is 3.20 bits per heavy atom. The van der Waals surface area contributed by atoms with Gasteiger partial charge in [-0.3, -0.25) is 0 Å². The average Bonchev–Trinajstić information content (AvgIpc) is 2.29. The minimum atomic E-state index is 0.0886. The Kier molecular flexibility index (Phi) is 3.18. The fourth-order valence-corrected chi connectivity index (χ4v) is 1.79. The lowest BCUT2D eigenvalue weighted by molar-refractivity contribution is 0.00650. The smallest absolute Gasteiger partial charge is 0.213 e. The van der Waals surface area contributed by atoms with E-state index in [0.717, 1.165) is 25.0 Å². The number of pyridine rings is 1. The van der Waals surface area contributed by atoms with Gasteiger partial charge in [-0.2, -0.15) is 0 Å². The van der Waals surface area contributed by atoms with Crippen molar-refractivity contribution < 1.29 is 9.47 Å². The lowest BCUT2D eigenvalue weighted by Crippen LogP contribution is -2.30. The van der Waals surface area contributed by atoms with Crippen molar-refractivity contribution in [2.24, 2.45) is 5.73 Å². The van der Waals surface area contributed by atoms with E-state index in [-0.39, 0.29) is 12.1 Å². The fourth-order valence-electron chi connectivity index (χ4n) is 1.79. The summed E-state index contributed by atoms with van der Waals surface area (Å²) in [6, 6.07) is 4.09. The molecule has 4 nitrogen and oxygen atoms in total. The Morgan fingerprint density at radius 2 is 2.47 bits per heavy atom. The van der Waals surface area contributed by atoms with Crippen molar-refractivity contribution in [1.29, 1.82) is 0 Å². The Hall–Kier alpha value is -1.13. The van der Waals surface area contributed by atoms with Crippen LogP contribution in [0.1, 0.15) is 24.5 Å². The first-order chi connectivity index (χ1) is 7.29. The topological polar surface area (TPSA) is 57.4 Å². The van der Waals surface area contributed by atoms with E-state index in [2.05, 4.69) is 4.98 Å². The molecule has 1 aromatic rings. The van der Waals surface area contributed by atoms with Crippen LogP contribution >= 0.6 is 0 Å². The Bertz CT molecular complexity index is 330. The molecule has 0 aromatic carbocycles. The van der Waals surface area contributed by atoms with E-state index in [1.54, 1.807) is 13.3 Å². The first-order valence-corrected chi connectivity index (χ1v) is 5.16. The van der Waals surface area contributed by atoms with E-state index >= 15 is 0 Å². The molecule has 0 saturated carbocycles. The lowest BCUT2D eigenvalue weighted by atomic mass is 9.99. The Labute approximate surface area is 89.4 Å². The average molecular weight is 208 g/mol. The fraction of sp³-hybridized carbons (Fsp3) is 0.545. The summed E-state index contributed by atoms with van der Waals surface area (Å²) in [5.41, 5.74) is 7.00. The molecule has 1 aliphatic rings. The van der Waals surface area contributed by atoms with Crippen molar-refractivity contribution in [2.75, 3.05) is 13.7 Å².